The minimum atomic E-state index is -0.547. The van der Waals surface area contributed by atoms with Crippen LogP contribution in [0.2, 0.25) is 0 Å². The molecule has 0 radical (unpaired) electrons. The van der Waals surface area contributed by atoms with Gasteiger partial charge in [0.05, 0.1) is 5.60 Å². The lowest BCUT2D eigenvalue weighted by Crippen LogP contribution is -2.40. The molecule has 0 aromatic heterocycles. The van der Waals surface area contributed by atoms with E-state index in [1.54, 1.807) is 0 Å². The Hall–Kier alpha value is -0.0400. The lowest BCUT2D eigenvalue weighted by Gasteiger charge is -2.42. The van der Waals surface area contributed by atoms with Crippen LogP contribution in [0.3, 0.4) is 0 Å². The highest BCUT2D eigenvalue weighted by molar-refractivity contribution is 4.90. The molecule has 1 nitrogen and oxygen atoms in total. The van der Waals surface area contributed by atoms with Crippen LogP contribution in [0, 0.1) is 16.2 Å². The molecule has 0 aromatic rings. The second-order valence-corrected chi connectivity index (χ2v) is 9.44. The SMILES string of the molecule is CC(C)(C)CC(O)(CC(C)(C)C)CC(C)(C)C. The molecule has 1 heteroatoms. The van der Waals surface area contributed by atoms with Crippen LogP contribution in [0.5, 0.6) is 0 Å². The van der Waals surface area contributed by atoms with Gasteiger partial charge in [0.15, 0.2) is 0 Å². The highest BCUT2D eigenvalue weighted by Crippen LogP contribution is 2.42. The molecular weight excluding hydrogens is 208 g/mol. The first-order chi connectivity index (χ1) is 7.12. The third-order valence-electron chi connectivity index (χ3n) is 2.58. The van der Waals surface area contributed by atoms with Gasteiger partial charge < -0.3 is 5.11 Å². The number of hydrogen-bond donors (Lipinski definition) is 1. The molecule has 0 rings (SSSR count). The van der Waals surface area contributed by atoms with Gasteiger partial charge in [0, 0.05) is 0 Å². The van der Waals surface area contributed by atoms with E-state index in [4.69, 9.17) is 0 Å². The van der Waals surface area contributed by atoms with Gasteiger partial charge in [0.25, 0.3) is 0 Å². The molecule has 0 heterocycles. The number of aliphatic hydroxyl groups is 1. The van der Waals surface area contributed by atoms with E-state index in [-0.39, 0.29) is 16.2 Å². The molecule has 0 aliphatic heterocycles. The monoisotopic (exact) mass is 242 g/mol. The summed E-state index contributed by atoms with van der Waals surface area (Å²) in [6, 6.07) is 0. The van der Waals surface area contributed by atoms with E-state index in [1.165, 1.54) is 0 Å². The molecule has 0 aromatic carbocycles. The van der Waals surface area contributed by atoms with Gasteiger partial charge in [-0.2, -0.15) is 0 Å². The lowest BCUT2D eigenvalue weighted by molar-refractivity contribution is -0.0581. The van der Waals surface area contributed by atoms with Crippen LogP contribution in [-0.2, 0) is 0 Å². The average Bonchev–Trinajstić information content (AvgIpc) is 1.65. The summed E-state index contributed by atoms with van der Waals surface area (Å²) in [5, 5.41) is 11.0. The van der Waals surface area contributed by atoms with Crippen LogP contribution in [-0.4, -0.2) is 10.7 Å². The molecule has 0 atom stereocenters. The van der Waals surface area contributed by atoms with Crippen molar-refractivity contribution < 1.29 is 5.11 Å². The van der Waals surface area contributed by atoms with E-state index >= 15 is 0 Å². The molecule has 0 aliphatic rings. The first-order valence-corrected chi connectivity index (χ1v) is 6.84. The summed E-state index contributed by atoms with van der Waals surface area (Å²) in [6.45, 7) is 19.9. The van der Waals surface area contributed by atoms with E-state index in [2.05, 4.69) is 62.3 Å². The maximum Gasteiger partial charge on any atom is 0.0662 e. The Bertz CT molecular complexity index is 191. The van der Waals surface area contributed by atoms with Crippen molar-refractivity contribution in [3.05, 3.63) is 0 Å². The Kier molecular flexibility index (Phi) is 4.90. The van der Waals surface area contributed by atoms with Crippen molar-refractivity contribution in [2.45, 2.75) is 87.2 Å². The predicted molar refractivity (Wildman–Crippen MR) is 77.2 cm³/mol. The van der Waals surface area contributed by atoms with Crippen molar-refractivity contribution in [2.24, 2.45) is 16.2 Å². The molecule has 0 fully saturated rings. The summed E-state index contributed by atoms with van der Waals surface area (Å²) in [5.74, 6) is 0. The Labute approximate surface area is 109 Å². The normalized spacial score (nSPS) is 15.2. The van der Waals surface area contributed by atoms with Gasteiger partial charge in [-0.05, 0) is 35.5 Å². The molecule has 0 aliphatic carbocycles. The minimum Gasteiger partial charge on any atom is -0.390 e. The van der Waals surface area contributed by atoms with E-state index in [9.17, 15) is 5.11 Å². The fraction of sp³-hybridized carbons (Fsp3) is 1.00. The maximum atomic E-state index is 11.0. The molecule has 0 saturated carbocycles. The molecule has 0 amide bonds. The fourth-order valence-corrected chi connectivity index (χ4v) is 3.15. The van der Waals surface area contributed by atoms with Crippen molar-refractivity contribution in [3.8, 4) is 0 Å². The molecule has 104 valence electrons. The van der Waals surface area contributed by atoms with Gasteiger partial charge in [0.2, 0.25) is 0 Å². The average molecular weight is 242 g/mol. The van der Waals surface area contributed by atoms with Crippen LogP contribution in [0.4, 0.5) is 0 Å². The molecule has 0 bridgehead atoms. The third kappa shape index (κ3) is 9.64. The molecular formula is C16H34O. The summed E-state index contributed by atoms with van der Waals surface area (Å²) < 4.78 is 0. The summed E-state index contributed by atoms with van der Waals surface area (Å²) in [7, 11) is 0. The molecule has 0 saturated heterocycles. The van der Waals surface area contributed by atoms with Crippen LogP contribution >= 0.6 is 0 Å². The first kappa shape index (κ1) is 17.0. The van der Waals surface area contributed by atoms with Crippen molar-refractivity contribution in [3.63, 3.8) is 0 Å². The summed E-state index contributed by atoms with van der Waals surface area (Å²) >= 11 is 0. The highest BCUT2D eigenvalue weighted by atomic mass is 16.3. The second kappa shape index (κ2) is 4.91. The molecule has 0 spiro atoms. The molecule has 0 unspecified atom stereocenters. The zero-order valence-electron chi connectivity index (χ0n) is 13.6. The van der Waals surface area contributed by atoms with Crippen LogP contribution in [0.1, 0.15) is 81.6 Å². The van der Waals surface area contributed by atoms with Gasteiger partial charge in [-0.15, -0.1) is 0 Å². The quantitative estimate of drug-likeness (QED) is 0.736. The summed E-state index contributed by atoms with van der Waals surface area (Å²) in [6.07, 6.45) is 2.61. The number of rotatable bonds is 3. The standard InChI is InChI=1S/C16H34O/c1-13(2,3)10-16(17,11-14(4,5)6)12-15(7,8)9/h17H,10-12H2,1-9H3. The van der Waals surface area contributed by atoms with E-state index < -0.39 is 5.60 Å². The lowest BCUT2D eigenvalue weighted by atomic mass is 9.68. The van der Waals surface area contributed by atoms with Crippen molar-refractivity contribution >= 4 is 0 Å². The van der Waals surface area contributed by atoms with Gasteiger partial charge >= 0.3 is 0 Å². The summed E-state index contributed by atoms with van der Waals surface area (Å²) in [5.41, 5.74) is -0.0312. The Morgan fingerprint density at radius 2 is 0.706 bits per heavy atom. The van der Waals surface area contributed by atoms with E-state index in [1.807, 2.05) is 0 Å². The van der Waals surface area contributed by atoms with Crippen molar-refractivity contribution in [1.29, 1.82) is 0 Å². The third-order valence-corrected chi connectivity index (χ3v) is 2.58. The van der Waals surface area contributed by atoms with Crippen molar-refractivity contribution in [2.75, 3.05) is 0 Å². The smallest absolute Gasteiger partial charge is 0.0662 e. The zero-order valence-corrected chi connectivity index (χ0v) is 13.6. The Balaban J connectivity index is 4.95. The minimum absolute atomic E-state index is 0.172. The maximum absolute atomic E-state index is 11.0. The fourth-order valence-electron chi connectivity index (χ4n) is 3.15. The van der Waals surface area contributed by atoms with Gasteiger partial charge in [-0.1, -0.05) is 62.3 Å². The predicted octanol–water partition coefficient (Wildman–Crippen LogP) is 5.03. The molecule has 1 N–H and O–H groups in total. The second-order valence-electron chi connectivity index (χ2n) is 9.44. The number of hydrogen-bond acceptors (Lipinski definition) is 1. The van der Waals surface area contributed by atoms with Gasteiger partial charge in [-0.3, -0.25) is 0 Å². The van der Waals surface area contributed by atoms with Gasteiger partial charge in [0.1, 0.15) is 0 Å². The Morgan fingerprint density at radius 1 is 0.529 bits per heavy atom. The topological polar surface area (TPSA) is 20.2 Å². The van der Waals surface area contributed by atoms with E-state index in [0.717, 1.165) is 19.3 Å². The molecule has 17 heavy (non-hydrogen) atoms. The first-order valence-electron chi connectivity index (χ1n) is 6.84. The van der Waals surface area contributed by atoms with Crippen LogP contribution in [0.15, 0.2) is 0 Å². The van der Waals surface area contributed by atoms with Crippen molar-refractivity contribution in [1.82, 2.24) is 0 Å². The van der Waals surface area contributed by atoms with E-state index in [0.29, 0.717) is 0 Å². The van der Waals surface area contributed by atoms with Crippen LogP contribution < -0.4 is 0 Å². The summed E-state index contributed by atoms with van der Waals surface area (Å²) in [4.78, 5) is 0. The Morgan fingerprint density at radius 3 is 0.824 bits per heavy atom. The van der Waals surface area contributed by atoms with Crippen LogP contribution in [0.25, 0.3) is 0 Å². The van der Waals surface area contributed by atoms with Gasteiger partial charge in [-0.25, -0.2) is 0 Å². The zero-order chi connectivity index (χ0) is 14.1. The largest absolute Gasteiger partial charge is 0.390 e. The highest BCUT2D eigenvalue weighted by Gasteiger charge is 2.38.